The number of nitro groups is 2. The molecule has 1 unspecified atom stereocenters. The molecule has 0 fully saturated rings. The van der Waals surface area contributed by atoms with Crippen LogP contribution in [-0.4, -0.2) is 40.5 Å². The molecule has 0 aliphatic rings. The molecule has 0 spiro atoms. The van der Waals surface area contributed by atoms with Crippen molar-refractivity contribution in [3.63, 3.8) is 0 Å². The second-order valence-electron chi connectivity index (χ2n) is 11.7. The molecule has 0 aliphatic heterocycles. The zero-order valence-corrected chi connectivity index (χ0v) is 33.8. The van der Waals surface area contributed by atoms with Gasteiger partial charge >= 0.3 is 0 Å². The van der Waals surface area contributed by atoms with Crippen LogP contribution in [0.25, 0.3) is 16.6 Å². The van der Waals surface area contributed by atoms with E-state index in [-0.39, 0.29) is 46.8 Å². The van der Waals surface area contributed by atoms with E-state index in [2.05, 4.69) is 20.3 Å². The van der Waals surface area contributed by atoms with Crippen LogP contribution in [0.2, 0.25) is 20.1 Å². The predicted molar refractivity (Wildman–Crippen MR) is 219 cm³/mol. The SMILES string of the molecule is NC(=O)C(c1ccc(Sc2ccc(F)cc2[N+](=O)[O-])nn1)c1c(Cl)cccc1Cl.O=c1ncn2nc(Sc3ccc(F)cc3[N+](=O)[O-])ccc2c1-c1c(Cl)cccc1Cl. The molecule has 3 aromatic heterocycles. The topological polar surface area (TPSA) is 202 Å². The quantitative estimate of drug-likeness (QED) is 0.101. The molecule has 298 valence electrons. The molecule has 0 saturated heterocycles. The highest BCUT2D eigenvalue weighted by molar-refractivity contribution is 7.99. The molecule has 2 N–H and O–H groups in total. The summed E-state index contributed by atoms with van der Waals surface area (Å²) >= 11 is 26.8. The minimum Gasteiger partial charge on any atom is -0.369 e. The summed E-state index contributed by atoms with van der Waals surface area (Å²) in [5.74, 6) is -3.17. The van der Waals surface area contributed by atoms with Crippen LogP contribution in [0.4, 0.5) is 20.2 Å². The Morgan fingerprint density at radius 3 is 1.75 bits per heavy atom. The van der Waals surface area contributed by atoms with Crippen molar-refractivity contribution in [3.8, 4) is 11.1 Å². The summed E-state index contributed by atoms with van der Waals surface area (Å²) in [5, 5.41) is 36.4. The molecule has 3 heterocycles. The number of nitrogens with two attached hydrogens (primary N) is 1. The van der Waals surface area contributed by atoms with E-state index in [1.165, 1.54) is 35.1 Å². The summed E-state index contributed by atoms with van der Waals surface area (Å²) in [6, 6.07) is 22.4. The number of benzene rings is 4. The van der Waals surface area contributed by atoms with Gasteiger partial charge in [-0.25, -0.2) is 13.3 Å². The number of aromatic nitrogens is 5. The van der Waals surface area contributed by atoms with Crippen molar-refractivity contribution < 1.29 is 23.4 Å². The summed E-state index contributed by atoms with van der Waals surface area (Å²) in [4.78, 5) is 49.8. The Kier molecular flexibility index (Phi) is 13.4. The zero-order chi connectivity index (χ0) is 42.5. The van der Waals surface area contributed by atoms with Crippen LogP contribution >= 0.6 is 69.9 Å². The number of nitrogens with zero attached hydrogens (tertiary/aromatic N) is 7. The molecule has 7 aromatic rings. The van der Waals surface area contributed by atoms with Gasteiger partial charge in [-0.1, -0.05) is 82.1 Å². The van der Waals surface area contributed by atoms with E-state index in [4.69, 9.17) is 52.1 Å². The van der Waals surface area contributed by atoms with Crippen molar-refractivity contribution in [1.82, 2.24) is 24.8 Å². The van der Waals surface area contributed by atoms with Gasteiger partial charge < -0.3 is 5.73 Å². The van der Waals surface area contributed by atoms with Crippen molar-refractivity contribution in [1.29, 1.82) is 0 Å². The monoisotopic (exact) mass is 914 g/mol. The normalized spacial score (nSPS) is 11.4. The number of nitro benzene ring substituents is 2. The fourth-order valence-corrected chi connectivity index (χ4v) is 8.32. The molecular formula is C37H20Cl4F2N8O6S2. The Morgan fingerprint density at radius 2 is 1.24 bits per heavy atom. The summed E-state index contributed by atoms with van der Waals surface area (Å²) in [6.07, 6.45) is 1.23. The first kappa shape index (κ1) is 42.8. The van der Waals surface area contributed by atoms with Crippen LogP contribution in [0.3, 0.4) is 0 Å². The molecule has 59 heavy (non-hydrogen) atoms. The number of halogens is 6. The highest BCUT2D eigenvalue weighted by atomic mass is 35.5. The highest BCUT2D eigenvalue weighted by Crippen LogP contribution is 2.39. The van der Waals surface area contributed by atoms with Gasteiger partial charge in [-0.3, -0.25) is 29.8 Å². The minimum absolute atomic E-state index is 0.185. The third-order valence-corrected chi connectivity index (χ3v) is 11.3. The molecule has 4 aromatic carbocycles. The number of carbonyl (C=O) groups is 1. The number of hydrogen-bond donors (Lipinski definition) is 1. The van der Waals surface area contributed by atoms with E-state index in [1.807, 2.05) is 0 Å². The molecule has 0 bridgehead atoms. The largest absolute Gasteiger partial charge is 0.369 e. The van der Waals surface area contributed by atoms with Crippen LogP contribution in [0, 0.1) is 31.9 Å². The van der Waals surface area contributed by atoms with Crippen molar-refractivity contribution in [2.45, 2.75) is 25.8 Å². The third kappa shape index (κ3) is 9.76. The molecule has 0 saturated carbocycles. The molecular weight excluding hydrogens is 896 g/mol. The molecule has 0 aliphatic carbocycles. The first-order valence-corrected chi connectivity index (χ1v) is 19.4. The number of fused-ring (bicyclic) bond motifs is 1. The molecule has 7 rings (SSSR count). The Bertz CT molecular complexity index is 2820. The Morgan fingerprint density at radius 1 is 0.712 bits per heavy atom. The second kappa shape index (κ2) is 18.4. The van der Waals surface area contributed by atoms with E-state index in [9.17, 15) is 38.6 Å². The van der Waals surface area contributed by atoms with Crippen LogP contribution < -0.4 is 11.3 Å². The van der Waals surface area contributed by atoms with Gasteiger partial charge in [-0.05, 0) is 72.8 Å². The van der Waals surface area contributed by atoms with Crippen LogP contribution in [0.5, 0.6) is 0 Å². The van der Waals surface area contributed by atoms with Crippen LogP contribution in [0.15, 0.2) is 128 Å². The first-order chi connectivity index (χ1) is 28.1. The van der Waals surface area contributed by atoms with Gasteiger partial charge in [-0.15, -0.1) is 5.10 Å². The third-order valence-electron chi connectivity index (χ3n) is 8.00. The number of amides is 1. The first-order valence-electron chi connectivity index (χ1n) is 16.3. The second-order valence-corrected chi connectivity index (χ2v) is 15.5. The Labute approximate surface area is 358 Å². The lowest BCUT2D eigenvalue weighted by Crippen LogP contribution is -2.24. The van der Waals surface area contributed by atoms with Crippen molar-refractivity contribution in [2.75, 3.05) is 0 Å². The smallest absolute Gasteiger partial charge is 0.286 e. The predicted octanol–water partition coefficient (Wildman–Crippen LogP) is 9.86. The van der Waals surface area contributed by atoms with Gasteiger partial charge in [0.25, 0.3) is 16.9 Å². The molecule has 1 amide bonds. The van der Waals surface area contributed by atoms with Gasteiger partial charge in [-0.2, -0.15) is 15.2 Å². The van der Waals surface area contributed by atoms with E-state index in [0.29, 0.717) is 26.7 Å². The maximum Gasteiger partial charge on any atom is 0.286 e. The van der Waals surface area contributed by atoms with E-state index < -0.39 is 44.6 Å². The van der Waals surface area contributed by atoms with Crippen molar-refractivity contribution in [2.24, 2.45) is 5.73 Å². The lowest BCUT2D eigenvalue weighted by Gasteiger charge is -2.16. The van der Waals surface area contributed by atoms with Crippen LogP contribution in [-0.2, 0) is 4.79 Å². The lowest BCUT2D eigenvalue weighted by atomic mass is 9.94. The molecule has 1 atom stereocenters. The zero-order valence-electron chi connectivity index (χ0n) is 29.1. The van der Waals surface area contributed by atoms with Gasteiger partial charge in [0, 0.05) is 21.2 Å². The summed E-state index contributed by atoms with van der Waals surface area (Å²) in [7, 11) is 0. The van der Waals surface area contributed by atoms with E-state index in [1.54, 1.807) is 48.5 Å². The number of hydrogen-bond acceptors (Lipinski definition) is 12. The number of primary amides is 1. The van der Waals surface area contributed by atoms with Crippen molar-refractivity contribution >= 4 is 92.7 Å². The number of carbonyl (C=O) groups excluding carboxylic acids is 1. The number of rotatable bonds is 10. The lowest BCUT2D eigenvalue weighted by molar-refractivity contribution is -0.388. The van der Waals surface area contributed by atoms with Gasteiger partial charge in [0.05, 0.1) is 58.6 Å². The maximum atomic E-state index is 13.4. The average Bonchev–Trinajstić information content (AvgIpc) is 3.19. The van der Waals surface area contributed by atoms with E-state index in [0.717, 1.165) is 47.8 Å². The van der Waals surface area contributed by atoms with Gasteiger partial charge in [0.2, 0.25) is 5.91 Å². The summed E-state index contributed by atoms with van der Waals surface area (Å²) < 4.78 is 28.0. The van der Waals surface area contributed by atoms with Gasteiger partial charge in [0.1, 0.15) is 33.9 Å². The summed E-state index contributed by atoms with van der Waals surface area (Å²) in [5.41, 5.74) is 5.70. The fourth-order valence-electron chi connectivity index (χ4n) is 5.44. The van der Waals surface area contributed by atoms with Crippen LogP contribution in [0.1, 0.15) is 17.2 Å². The molecule has 22 heteroatoms. The molecule has 0 radical (unpaired) electrons. The minimum atomic E-state index is -1.03. The fraction of sp³-hybridized carbons (Fsp3) is 0.0270. The summed E-state index contributed by atoms with van der Waals surface area (Å²) in [6.45, 7) is 0. The highest BCUT2D eigenvalue weighted by Gasteiger charge is 2.27. The van der Waals surface area contributed by atoms with E-state index >= 15 is 0 Å². The van der Waals surface area contributed by atoms with Crippen molar-refractivity contribution in [3.05, 3.63) is 177 Å². The van der Waals surface area contributed by atoms with Gasteiger partial charge in [0.15, 0.2) is 0 Å². The maximum absolute atomic E-state index is 13.4. The Hall–Kier alpha value is -5.76. The standard InChI is InChI=1S/C19H9Cl2FN4O3S.C18H11Cl2FN4O3S/c20-11-2-1-3-12(21)17(11)18-13-5-7-16(24-25(13)9-23-19(18)27)30-15-6-4-10(22)8-14(15)26(28)29;19-10-2-1-3-11(20)16(10)17(18(22)26)12-5-7-15(24-23-12)29-14-6-4-9(21)8-13(14)25(27)28/h1-9H;1-8,17H,(H2,22,26). The molecule has 14 nitrogen and oxygen atoms in total. The Balaban J connectivity index is 0.000000199. The average molecular weight is 917 g/mol.